The van der Waals surface area contributed by atoms with Gasteiger partial charge in [0.2, 0.25) is 0 Å². The number of fused-ring (bicyclic) bond motifs is 5. The lowest BCUT2D eigenvalue weighted by molar-refractivity contribution is -0.192. The molecule has 4 nitrogen and oxygen atoms in total. The lowest BCUT2D eigenvalue weighted by Gasteiger charge is -2.65. The molecular weight excluding hydrogens is 435 g/mol. The summed E-state index contributed by atoms with van der Waals surface area (Å²) in [7, 11) is 0. The summed E-state index contributed by atoms with van der Waals surface area (Å²) in [6, 6.07) is 0. The zero-order valence-electron chi connectivity index (χ0n) is 19.2. The fourth-order valence-corrected chi connectivity index (χ4v) is 9.39. The third-order valence-electron chi connectivity index (χ3n) is 9.62. The number of ether oxygens (including phenoxy) is 1. The zero-order valence-corrected chi connectivity index (χ0v) is 20.7. The number of carbonyl (C=O) groups is 3. The highest BCUT2D eigenvalue weighted by atomic mass is 35.5. The van der Waals surface area contributed by atoms with Crippen molar-refractivity contribution >= 4 is 40.7 Å². The minimum absolute atomic E-state index is 0.0924. The highest BCUT2D eigenvalue weighted by Crippen LogP contribution is 2.73. The molecule has 4 aliphatic carbocycles. The standard InChI is InChI=1S/C25H34Cl2O4/c1-6-21(30)31-25(15(3)28)14(2)11-19-18-8-7-16-12-17(29)9-10-22(16,4)24(18,27)20(26)13-23(19,25)5/h12,14,18-20H,6-11,13H2,1-5H3/t14?,18-,19-,20?,22-,23-,24-,25-/m0/s1. The maximum atomic E-state index is 13.2. The number of allylic oxidation sites excluding steroid dienone is 1. The molecule has 6 heteroatoms. The highest BCUT2D eigenvalue weighted by Gasteiger charge is 2.75. The molecule has 0 aromatic heterocycles. The summed E-state index contributed by atoms with van der Waals surface area (Å²) in [5.41, 5.74) is -0.953. The molecule has 0 heterocycles. The largest absolute Gasteiger partial charge is 0.450 e. The number of rotatable bonds is 3. The van der Waals surface area contributed by atoms with E-state index in [0.29, 0.717) is 19.3 Å². The van der Waals surface area contributed by atoms with Gasteiger partial charge in [-0.05, 0) is 56.9 Å². The minimum atomic E-state index is -1.17. The first-order valence-corrected chi connectivity index (χ1v) is 12.5. The van der Waals surface area contributed by atoms with Crippen molar-refractivity contribution in [2.24, 2.45) is 28.6 Å². The van der Waals surface area contributed by atoms with Crippen LogP contribution in [-0.4, -0.2) is 33.4 Å². The summed E-state index contributed by atoms with van der Waals surface area (Å²) in [6.07, 6.45) is 6.20. The molecule has 3 fully saturated rings. The summed E-state index contributed by atoms with van der Waals surface area (Å²) in [6.45, 7) is 9.60. The molecule has 31 heavy (non-hydrogen) atoms. The molecule has 0 aliphatic heterocycles. The van der Waals surface area contributed by atoms with Gasteiger partial charge >= 0.3 is 5.97 Å². The normalized spacial score (nSPS) is 48.9. The van der Waals surface area contributed by atoms with Crippen molar-refractivity contribution in [1.29, 1.82) is 0 Å². The number of Topliss-reactive ketones (excluding diaryl/α,β-unsaturated/α-hetero) is 1. The van der Waals surface area contributed by atoms with Crippen molar-refractivity contribution in [2.75, 3.05) is 0 Å². The van der Waals surface area contributed by atoms with Crippen LogP contribution in [0.15, 0.2) is 11.6 Å². The average Bonchev–Trinajstić information content (AvgIpc) is 2.91. The van der Waals surface area contributed by atoms with E-state index in [1.54, 1.807) is 19.9 Å². The molecule has 0 radical (unpaired) electrons. The SMILES string of the molecule is CCC(=O)O[C@]1(C(C)=O)C(C)C[C@H]2[C@@H]3CCC4=CC(=O)CC[C@]4(C)[C@@]3(Cl)C(Cl)C[C@@]21C. The van der Waals surface area contributed by atoms with Crippen LogP contribution in [-0.2, 0) is 19.1 Å². The van der Waals surface area contributed by atoms with E-state index < -0.39 is 21.3 Å². The van der Waals surface area contributed by atoms with Crippen LogP contribution < -0.4 is 0 Å². The molecule has 2 unspecified atom stereocenters. The first-order chi connectivity index (χ1) is 14.4. The third kappa shape index (κ3) is 2.76. The van der Waals surface area contributed by atoms with E-state index in [4.69, 9.17) is 27.9 Å². The number of hydrogen-bond acceptors (Lipinski definition) is 4. The summed E-state index contributed by atoms with van der Waals surface area (Å²) in [5, 5.41) is -0.397. The first kappa shape index (κ1) is 23.3. The Morgan fingerprint density at radius 1 is 1.23 bits per heavy atom. The maximum absolute atomic E-state index is 13.2. The van der Waals surface area contributed by atoms with Gasteiger partial charge in [-0.15, -0.1) is 23.2 Å². The van der Waals surface area contributed by atoms with Crippen molar-refractivity contribution in [3.05, 3.63) is 11.6 Å². The van der Waals surface area contributed by atoms with Crippen LogP contribution >= 0.6 is 23.2 Å². The molecule has 8 atom stereocenters. The fraction of sp³-hybridized carbons (Fsp3) is 0.800. The molecule has 4 aliphatic rings. The first-order valence-electron chi connectivity index (χ1n) is 11.7. The fourth-order valence-electron chi connectivity index (χ4n) is 8.11. The Morgan fingerprint density at radius 2 is 1.90 bits per heavy atom. The van der Waals surface area contributed by atoms with E-state index in [-0.39, 0.29) is 47.1 Å². The van der Waals surface area contributed by atoms with E-state index >= 15 is 0 Å². The van der Waals surface area contributed by atoms with E-state index in [1.807, 2.05) is 6.92 Å². The Bertz CT molecular complexity index is 868. The lowest BCUT2D eigenvalue weighted by Crippen LogP contribution is -2.68. The van der Waals surface area contributed by atoms with E-state index in [9.17, 15) is 14.4 Å². The Morgan fingerprint density at radius 3 is 2.52 bits per heavy atom. The Kier molecular flexibility index (Phi) is 5.50. The van der Waals surface area contributed by atoms with Gasteiger partial charge in [0.05, 0.1) is 10.3 Å². The molecule has 0 amide bonds. The van der Waals surface area contributed by atoms with Gasteiger partial charge in [-0.1, -0.05) is 33.3 Å². The van der Waals surface area contributed by atoms with Crippen LogP contribution in [0.4, 0.5) is 0 Å². The Balaban J connectivity index is 1.83. The van der Waals surface area contributed by atoms with Gasteiger partial charge in [0.25, 0.3) is 0 Å². The second-order valence-electron chi connectivity index (χ2n) is 10.8. The van der Waals surface area contributed by atoms with E-state index in [1.165, 1.54) is 0 Å². The third-order valence-corrected chi connectivity index (χ3v) is 11.2. The van der Waals surface area contributed by atoms with Crippen LogP contribution in [0.5, 0.6) is 0 Å². The Hall–Kier alpha value is -0.870. The molecule has 4 rings (SSSR count). The quantitative estimate of drug-likeness (QED) is 0.397. The number of esters is 1. The molecule has 172 valence electrons. The smallest absolute Gasteiger partial charge is 0.306 e. The number of ketones is 2. The number of carbonyl (C=O) groups excluding carboxylic acids is 3. The molecule has 0 saturated heterocycles. The molecule has 0 aromatic rings. The van der Waals surface area contributed by atoms with Crippen molar-refractivity contribution in [3.8, 4) is 0 Å². The van der Waals surface area contributed by atoms with Gasteiger partial charge in [0.1, 0.15) is 0 Å². The molecule has 0 aromatic carbocycles. The maximum Gasteiger partial charge on any atom is 0.306 e. The monoisotopic (exact) mass is 468 g/mol. The molecule has 0 N–H and O–H groups in total. The number of halogens is 2. The topological polar surface area (TPSA) is 60.4 Å². The lowest BCUT2D eigenvalue weighted by atomic mass is 9.45. The van der Waals surface area contributed by atoms with Crippen LogP contribution in [0.2, 0.25) is 0 Å². The number of hydrogen-bond donors (Lipinski definition) is 0. The molecular formula is C25H34Cl2O4. The summed E-state index contributed by atoms with van der Waals surface area (Å²) in [4.78, 5) is 37.1. The van der Waals surface area contributed by atoms with Gasteiger partial charge in [-0.25, -0.2) is 0 Å². The van der Waals surface area contributed by atoms with Crippen LogP contribution in [0.3, 0.4) is 0 Å². The van der Waals surface area contributed by atoms with Crippen LogP contribution in [0.1, 0.15) is 79.6 Å². The molecule has 0 bridgehead atoms. The predicted octanol–water partition coefficient (Wildman–Crippen LogP) is 5.62. The summed E-state index contributed by atoms with van der Waals surface area (Å²) < 4.78 is 6.05. The van der Waals surface area contributed by atoms with Crippen molar-refractivity contribution in [3.63, 3.8) is 0 Å². The van der Waals surface area contributed by atoms with Gasteiger partial charge in [0, 0.05) is 29.6 Å². The average molecular weight is 469 g/mol. The summed E-state index contributed by atoms with van der Waals surface area (Å²) >= 11 is 14.8. The minimum Gasteiger partial charge on any atom is -0.450 e. The van der Waals surface area contributed by atoms with Crippen LogP contribution in [0, 0.1) is 28.6 Å². The highest BCUT2D eigenvalue weighted by molar-refractivity contribution is 6.33. The van der Waals surface area contributed by atoms with Gasteiger partial charge in [-0.3, -0.25) is 14.4 Å². The van der Waals surface area contributed by atoms with E-state index in [2.05, 4.69) is 13.8 Å². The van der Waals surface area contributed by atoms with Crippen molar-refractivity contribution in [1.82, 2.24) is 0 Å². The second-order valence-corrected chi connectivity index (χ2v) is 12.0. The van der Waals surface area contributed by atoms with Gasteiger partial charge in [-0.2, -0.15) is 0 Å². The summed E-state index contributed by atoms with van der Waals surface area (Å²) in [5.74, 6) is -0.145. The Labute approximate surface area is 195 Å². The molecule has 0 spiro atoms. The van der Waals surface area contributed by atoms with Gasteiger partial charge in [0.15, 0.2) is 17.2 Å². The van der Waals surface area contributed by atoms with E-state index in [0.717, 1.165) is 24.8 Å². The number of alkyl halides is 2. The van der Waals surface area contributed by atoms with Crippen LogP contribution in [0.25, 0.3) is 0 Å². The van der Waals surface area contributed by atoms with Crippen molar-refractivity contribution in [2.45, 2.75) is 95.4 Å². The molecule has 3 saturated carbocycles. The van der Waals surface area contributed by atoms with Gasteiger partial charge < -0.3 is 4.74 Å². The predicted molar refractivity (Wildman–Crippen MR) is 121 cm³/mol. The second kappa shape index (κ2) is 7.32. The zero-order chi connectivity index (χ0) is 23.0. The van der Waals surface area contributed by atoms with Crippen molar-refractivity contribution < 1.29 is 19.1 Å².